The summed E-state index contributed by atoms with van der Waals surface area (Å²) >= 11 is 0. The van der Waals surface area contributed by atoms with E-state index in [-0.39, 0.29) is 11.3 Å². The number of rotatable bonds is 11. The molecule has 1 aliphatic carbocycles. The lowest BCUT2D eigenvalue weighted by Gasteiger charge is -2.49. The third-order valence-electron chi connectivity index (χ3n) is 4.66. The lowest BCUT2D eigenvalue weighted by atomic mass is 9.75. The van der Waals surface area contributed by atoms with E-state index in [1.165, 1.54) is 6.42 Å². The zero-order valence-corrected chi connectivity index (χ0v) is 15.0. The summed E-state index contributed by atoms with van der Waals surface area (Å²) in [6, 6.07) is 0. The molecule has 0 aromatic carbocycles. The molecule has 0 aromatic rings. The molecule has 1 fully saturated rings. The Balaban J connectivity index is 2.36. The van der Waals surface area contributed by atoms with Crippen molar-refractivity contribution < 1.29 is 8.42 Å². The van der Waals surface area contributed by atoms with Crippen molar-refractivity contribution in [2.24, 2.45) is 0 Å². The van der Waals surface area contributed by atoms with Crippen molar-refractivity contribution in [2.45, 2.75) is 51.0 Å². The summed E-state index contributed by atoms with van der Waals surface area (Å²) < 4.78 is 26.3. The van der Waals surface area contributed by atoms with Crippen molar-refractivity contribution in [2.75, 3.05) is 46.5 Å². The van der Waals surface area contributed by atoms with Gasteiger partial charge < -0.3 is 10.2 Å². The molecule has 0 spiro atoms. The topological polar surface area (TPSA) is 52.7 Å². The molecule has 0 amide bonds. The van der Waals surface area contributed by atoms with Gasteiger partial charge in [0.15, 0.2) is 0 Å². The first-order valence-electron chi connectivity index (χ1n) is 8.16. The second kappa shape index (κ2) is 8.46. The number of nitrogens with zero attached hydrogens (tertiary/aromatic N) is 2. The van der Waals surface area contributed by atoms with Gasteiger partial charge in [0.25, 0.3) is 0 Å². The maximum absolute atomic E-state index is 12.3. The van der Waals surface area contributed by atoms with Gasteiger partial charge in [0, 0.05) is 19.1 Å². The first-order chi connectivity index (χ1) is 9.84. The summed E-state index contributed by atoms with van der Waals surface area (Å²) in [4.78, 5) is 2.19. The molecule has 0 atom stereocenters. The standard InChI is InChI=1S/C15H33N3O2S/c1-5-11-16-12-6-7-13-21(19,20)18(4)14-15(17(2)3)9-8-10-15/h16H,5-14H2,1-4H3. The zero-order valence-electron chi connectivity index (χ0n) is 14.2. The van der Waals surface area contributed by atoms with Crippen LogP contribution in [0.25, 0.3) is 0 Å². The van der Waals surface area contributed by atoms with Gasteiger partial charge in [-0.2, -0.15) is 0 Å². The van der Waals surface area contributed by atoms with Gasteiger partial charge in [0.1, 0.15) is 0 Å². The van der Waals surface area contributed by atoms with Crippen LogP contribution < -0.4 is 5.32 Å². The Morgan fingerprint density at radius 3 is 2.24 bits per heavy atom. The highest BCUT2D eigenvalue weighted by Crippen LogP contribution is 2.37. The number of likely N-dealkylation sites (N-methyl/N-ethyl adjacent to an activating group) is 2. The van der Waals surface area contributed by atoms with Crippen LogP contribution in [0.5, 0.6) is 0 Å². The smallest absolute Gasteiger partial charge is 0.213 e. The van der Waals surface area contributed by atoms with Crippen molar-refractivity contribution >= 4 is 10.0 Å². The van der Waals surface area contributed by atoms with Crippen LogP contribution in [0.4, 0.5) is 0 Å². The van der Waals surface area contributed by atoms with E-state index in [9.17, 15) is 8.42 Å². The third-order valence-corrected chi connectivity index (χ3v) is 6.54. The van der Waals surface area contributed by atoms with Crippen LogP contribution in [0.15, 0.2) is 0 Å². The van der Waals surface area contributed by atoms with Gasteiger partial charge in [-0.05, 0) is 65.7 Å². The van der Waals surface area contributed by atoms with Gasteiger partial charge >= 0.3 is 0 Å². The Labute approximate surface area is 131 Å². The molecule has 6 heteroatoms. The Kier molecular flexibility index (Phi) is 7.60. The van der Waals surface area contributed by atoms with Gasteiger partial charge in [-0.15, -0.1) is 0 Å². The van der Waals surface area contributed by atoms with E-state index in [2.05, 4.69) is 31.2 Å². The molecule has 21 heavy (non-hydrogen) atoms. The Hall–Kier alpha value is -0.170. The van der Waals surface area contributed by atoms with Gasteiger partial charge in [0.2, 0.25) is 10.0 Å². The van der Waals surface area contributed by atoms with Gasteiger partial charge in [0.05, 0.1) is 5.75 Å². The number of hydrogen-bond acceptors (Lipinski definition) is 4. The predicted molar refractivity (Wildman–Crippen MR) is 89.1 cm³/mol. The lowest BCUT2D eigenvalue weighted by Crippen LogP contribution is -2.57. The first kappa shape index (κ1) is 18.9. The van der Waals surface area contributed by atoms with Crippen molar-refractivity contribution in [1.29, 1.82) is 0 Å². The van der Waals surface area contributed by atoms with Gasteiger partial charge in [-0.1, -0.05) is 6.92 Å². The normalized spacial score (nSPS) is 18.2. The Bertz CT molecular complexity index is 392. The minimum atomic E-state index is -3.12. The zero-order chi connectivity index (χ0) is 15.9. The minimum absolute atomic E-state index is 0.0600. The van der Waals surface area contributed by atoms with E-state index in [4.69, 9.17) is 0 Å². The summed E-state index contributed by atoms with van der Waals surface area (Å²) in [5.74, 6) is 0.265. The molecule has 1 N–H and O–H groups in total. The monoisotopic (exact) mass is 319 g/mol. The molecule has 0 unspecified atom stereocenters. The molecule has 1 aliphatic rings. The quantitative estimate of drug-likeness (QED) is 0.587. The second-order valence-corrected chi connectivity index (χ2v) is 8.70. The van der Waals surface area contributed by atoms with E-state index in [1.54, 1.807) is 11.4 Å². The highest BCUT2D eigenvalue weighted by atomic mass is 32.2. The molecule has 0 aliphatic heterocycles. The molecule has 0 radical (unpaired) electrons. The van der Waals surface area contributed by atoms with Crippen molar-refractivity contribution in [3.63, 3.8) is 0 Å². The van der Waals surface area contributed by atoms with Gasteiger partial charge in [-0.3, -0.25) is 0 Å². The van der Waals surface area contributed by atoms with Gasteiger partial charge in [-0.25, -0.2) is 12.7 Å². The molecule has 0 aromatic heterocycles. The molecule has 126 valence electrons. The molecule has 0 heterocycles. The van der Waals surface area contributed by atoms with E-state index in [1.807, 2.05) is 0 Å². The largest absolute Gasteiger partial charge is 0.317 e. The van der Waals surface area contributed by atoms with Crippen LogP contribution in [0.2, 0.25) is 0 Å². The van der Waals surface area contributed by atoms with Crippen molar-refractivity contribution in [3.05, 3.63) is 0 Å². The van der Waals surface area contributed by atoms with Crippen LogP contribution >= 0.6 is 0 Å². The van der Waals surface area contributed by atoms with Crippen LogP contribution in [0.1, 0.15) is 45.4 Å². The molecular weight excluding hydrogens is 286 g/mol. The Morgan fingerprint density at radius 1 is 1.10 bits per heavy atom. The van der Waals surface area contributed by atoms with Crippen LogP contribution in [0, 0.1) is 0 Å². The summed E-state index contributed by atoms with van der Waals surface area (Å²) in [6.07, 6.45) is 6.18. The number of nitrogens with one attached hydrogen (secondary N) is 1. The molecule has 0 bridgehead atoms. The molecule has 1 saturated carbocycles. The van der Waals surface area contributed by atoms with E-state index in [0.29, 0.717) is 6.54 Å². The third kappa shape index (κ3) is 5.51. The van der Waals surface area contributed by atoms with Crippen molar-refractivity contribution in [3.8, 4) is 0 Å². The number of sulfonamides is 1. The summed E-state index contributed by atoms with van der Waals surface area (Å²) in [5, 5.41) is 3.31. The molecular formula is C15H33N3O2S. The fourth-order valence-corrected chi connectivity index (χ4v) is 4.15. The predicted octanol–water partition coefficient (Wildman–Crippen LogP) is 1.51. The fraction of sp³-hybridized carbons (Fsp3) is 1.00. The molecule has 1 rings (SSSR count). The average molecular weight is 320 g/mol. The molecule has 0 saturated heterocycles. The highest BCUT2D eigenvalue weighted by Gasteiger charge is 2.41. The fourth-order valence-electron chi connectivity index (χ4n) is 2.84. The number of unbranched alkanes of at least 4 members (excludes halogenated alkanes) is 1. The number of hydrogen-bond donors (Lipinski definition) is 1. The van der Waals surface area contributed by atoms with E-state index in [0.717, 1.165) is 45.2 Å². The van der Waals surface area contributed by atoms with E-state index >= 15 is 0 Å². The second-order valence-electron chi connectivity index (χ2n) is 6.50. The minimum Gasteiger partial charge on any atom is -0.317 e. The first-order valence-corrected chi connectivity index (χ1v) is 9.77. The van der Waals surface area contributed by atoms with Crippen LogP contribution in [0.3, 0.4) is 0 Å². The summed E-state index contributed by atoms with van der Waals surface area (Å²) in [5.41, 5.74) is 0.0600. The Morgan fingerprint density at radius 2 is 1.76 bits per heavy atom. The SMILES string of the molecule is CCCNCCCCS(=O)(=O)N(C)CC1(N(C)C)CCC1. The summed E-state index contributed by atoms with van der Waals surface area (Å²) in [7, 11) is 2.72. The lowest BCUT2D eigenvalue weighted by molar-refractivity contribution is 0.0455. The van der Waals surface area contributed by atoms with Crippen molar-refractivity contribution in [1.82, 2.24) is 14.5 Å². The summed E-state index contributed by atoms with van der Waals surface area (Å²) in [6.45, 7) is 4.68. The average Bonchev–Trinajstić information content (AvgIpc) is 2.37. The van der Waals surface area contributed by atoms with Crippen LogP contribution in [-0.4, -0.2) is 69.7 Å². The maximum Gasteiger partial charge on any atom is 0.213 e. The van der Waals surface area contributed by atoms with E-state index < -0.39 is 10.0 Å². The highest BCUT2D eigenvalue weighted by molar-refractivity contribution is 7.89. The maximum atomic E-state index is 12.3. The van der Waals surface area contributed by atoms with Crippen LogP contribution in [-0.2, 0) is 10.0 Å². The molecule has 5 nitrogen and oxygen atoms in total.